The standard InChI is InChI=1S/C13H16BrF2N/c1-10-8-12(14)3-2-11(10)9-17-6-4-13(15,16)5-7-17/h2-3,8H,4-7,9H2,1H3. The molecule has 94 valence electrons. The number of likely N-dealkylation sites (tertiary alicyclic amines) is 1. The van der Waals surface area contributed by atoms with Gasteiger partial charge in [0.25, 0.3) is 5.92 Å². The molecule has 1 aromatic carbocycles. The smallest absolute Gasteiger partial charge is 0.250 e. The van der Waals surface area contributed by atoms with Crippen LogP contribution in [0.4, 0.5) is 8.78 Å². The fourth-order valence-electron chi connectivity index (χ4n) is 2.12. The van der Waals surface area contributed by atoms with Crippen molar-refractivity contribution in [3.05, 3.63) is 33.8 Å². The van der Waals surface area contributed by atoms with Crippen LogP contribution in [-0.4, -0.2) is 23.9 Å². The maximum Gasteiger partial charge on any atom is 0.250 e. The van der Waals surface area contributed by atoms with E-state index >= 15 is 0 Å². The van der Waals surface area contributed by atoms with E-state index in [4.69, 9.17) is 0 Å². The number of benzene rings is 1. The minimum atomic E-state index is -2.45. The van der Waals surface area contributed by atoms with Crippen LogP contribution in [0.5, 0.6) is 0 Å². The second kappa shape index (κ2) is 5.02. The van der Waals surface area contributed by atoms with E-state index in [-0.39, 0.29) is 12.8 Å². The number of piperidine rings is 1. The predicted molar refractivity (Wildman–Crippen MR) is 68.3 cm³/mol. The zero-order valence-corrected chi connectivity index (χ0v) is 11.4. The SMILES string of the molecule is Cc1cc(Br)ccc1CN1CCC(F)(F)CC1. The first kappa shape index (κ1) is 13.0. The Bertz CT molecular complexity index is 396. The number of nitrogens with zero attached hydrogens (tertiary/aromatic N) is 1. The molecule has 1 aliphatic heterocycles. The van der Waals surface area contributed by atoms with Crippen LogP contribution in [0.25, 0.3) is 0 Å². The molecule has 4 heteroatoms. The van der Waals surface area contributed by atoms with Crippen molar-refractivity contribution in [2.45, 2.75) is 32.2 Å². The highest BCUT2D eigenvalue weighted by atomic mass is 79.9. The Hall–Kier alpha value is -0.480. The van der Waals surface area contributed by atoms with Crippen LogP contribution in [0.2, 0.25) is 0 Å². The highest BCUT2D eigenvalue weighted by Crippen LogP contribution is 2.28. The quantitative estimate of drug-likeness (QED) is 0.798. The molecule has 2 rings (SSSR count). The topological polar surface area (TPSA) is 3.24 Å². The van der Waals surface area contributed by atoms with Crippen molar-refractivity contribution in [3.63, 3.8) is 0 Å². The van der Waals surface area contributed by atoms with Crippen LogP contribution in [0.1, 0.15) is 24.0 Å². The summed E-state index contributed by atoms with van der Waals surface area (Å²) in [6, 6.07) is 6.13. The van der Waals surface area contributed by atoms with Gasteiger partial charge in [0.05, 0.1) is 0 Å². The second-order valence-electron chi connectivity index (χ2n) is 4.70. The predicted octanol–water partition coefficient (Wildman–Crippen LogP) is 3.99. The summed E-state index contributed by atoms with van der Waals surface area (Å²) in [6.07, 6.45) is -0.0227. The van der Waals surface area contributed by atoms with Gasteiger partial charge in [-0.05, 0) is 30.2 Å². The molecule has 0 unspecified atom stereocenters. The molecule has 0 spiro atoms. The fraction of sp³-hybridized carbons (Fsp3) is 0.538. The Morgan fingerprint density at radius 1 is 1.29 bits per heavy atom. The van der Waals surface area contributed by atoms with Gasteiger partial charge in [0.1, 0.15) is 0 Å². The lowest BCUT2D eigenvalue weighted by Crippen LogP contribution is -2.38. The molecule has 0 amide bonds. The van der Waals surface area contributed by atoms with E-state index in [0.29, 0.717) is 13.1 Å². The van der Waals surface area contributed by atoms with E-state index < -0.39 is 5.92 Å². The van der Waals surface area contributed by atoms with Gasteiger partial charge in [0.15, 0.2) is 0 Å². The van der Waals surface area contributed by atoms with Crippen molar-refractivity contribution in [1.29, 1.82) is 0 Å². The fourth-order valence-corrected chi connectivity index (χ4v) is 2.59. The molecular formula is C13H16BrF2N. The average Bonchev–Trinajstić information content (AvgIpc) is 2.25. The van der Waals surface area contributed by atoms with Crippen LogP contribution in [0.3, 0.4) is 0 Å². The average molecular weight is 304 g/mol. The number of aryl methyl sites for hydroxylation is 1. The zero-order chi connectivity index (χ0) is 12.5. The maximum absolute atomic E-state index is 13.0. The number of hydrogen-bond donors (Lipinski definition) is 0. The Kier molecular flexibility index (Phi) is 3.83. The van der Waals surface area contributed by atoms with Gasteiger partial charge in [-0.2, -0.15) is 0 Å². The normalized spacial score (nSPS) is 20.5. The summed E-state index contributed by atoms with van der Waals surface area (Å²) in [4.78, 5) is 2.10. The van der Waals surface area contributed by atoms with E-state index in [1.54, 1.807) is 0 Å². The van der Waals surface area contributed by atoms with Crippen LogP contribution < -0.4 is 0 Å². The molecule has 0 N–H and O–H groups in total. The minimum Gasteiger partial charge on any atom is -0.299 e. The molecule has 0 aliphatic carbocycles. The molecule has 1 aromatic rings. The Labute approximate surface area is 109 Å². The highest BCUT2D eigenvalue weighted by Gasteiger charge is 2.33. The summed E-state index contributed by atoms with van der Waals surface area (Å²) in [6.45, 7) is 3.80. The maximum atomic E-state index is 13.0. The summed E-state index contributed by atoms with van der Waals surface area (Å²) in [5, 5.41) is 0. The lowest BCUT2D eigenvalue weighted by atomic mass is 10.0. The highest BCUT2D eigenvalue weighted by molar-refractivity contribution is 9.10. The molecule has 1 heterocycles. The molecule has 0 atom stereocenters. The van der Waals surface area contributed by atoms with Crippen molar-refractivity contribution >= 4 is 15.9 Å². The molecule has 1 nitrogen and oxygen atoms in total. The van der Waals surface area contributed by atoms with Crippen molar-refractivity contribution in [2.24, 2.45) is 0 Å². The van der Waals surface area contributed by atoms with Crippen molar-refractivity contribution in [3.8, 4) is 0 Å². The second-order valence-corrected chi connectivity index (χ2v) is 5.62. The largest absolute Gasteiger partial charge is 0.299 e. The summed E-state index contributed by atoms with van der Waals surface area (Å²) in [5.41, 5.74) is 2.43. The van der Waals surface area contributed by atoms with Gasteiger partial charge in [-0.3, -0.25) is 4.90 Å². The van der Waals surface area contributed by atoms with Crippen LogP contribution in [0.15, 0.2) is 22.7 Å². The zero-order valence-electron chi connectivity index (χ0n) is 9.85. The Morgan fingerprint density at radius 2 is 1.94 bits per heavy atom. The van der Waals surface area contributed by atoms with Gasteiger partial charge < -0.3 is 0 Å². The summed E-state index contributed by atoms with van der Waals surface area (Å²) < 4.78 is 27.1. The molecule has 1 fully saturated rings. The Balaban J connectivity index is 1.98. The first-order valence-corrected chi connectivity index (χ1v) is 6.61. The molecule has 0 aromatic heterocycles. The van der Waals surface area contributed by atoms with Crippen molar-refractivity contribution in [2.75, 3.05) is 13.1 Å². The van der Waals surface area contributed by atoms with Gasteiger partial charge in [0.2, 0.25) is 0 Å². The van der Waals surface area contributed by atoms with Gasteiger partial charge in [-0.25, -0.2) is 8.78 Å². The van der Waals surface area contributed by atoms with Gasteiger partial charge in [-0.15, -0.1) is 0 Å². The lowest BCUT2D eigenvalue weighted by Gasteiger charge is -2.32. The Morgan fingerprint density at radius 3 is 2.53 bits per heavy atom. The monoisotopic (exact) mass is 303 g/mol. The van der Waals surface area contributed by atoms with Gasteiger partial charge >= 0.3 is 0 Å². The number of halogens is 3. The summed E-state index contributed by atoms with van der Waals surface area (Å²) >= 11 is 3.42. The number of alkyl halides is 2. The molecule has 17 heavy (non-hydrogen) atoms. The lowest BCUT2D eigenvalue weighted by molar-refractivity contribution is -0.0566. The van der Waals surface area contributed by atoms with Gasteiger partial charge in [0, 0.05) is 36.9 Å². The molecular weight excluding hydrogens is 288 g/mol. The van der Waals surface area contributed by atoms with E-state index in [2.05, 4.69) is 39.9 Å². The summed E-state index contributed by atoms with van der Waals surface area (Å²) in [7, 11) is 0. The molecule has 1 saturated heterocycles. The van der Waals surface area contributed by atoms with Gasteiger partial charge in [-0.1, -0.05) is 22.0 Å². The van der Waals surface area contributed by atoms with Crippen LogP contribution in [0, 0.1) is 6.92 Å². The minimum absolute atomic E-state index is 0.0113. The van der Waals surface area contributed by atoms with Crippen molar-refractivity contribution < 1.29 is 8.78 Å². The van der Waals surface area contributed by atoms with E-state index in [1.807, 2.05) is 6.07 Å². The van der Waals surface area contributed by atoms with Crippen molar-refractivity contribution in [1.82, 2.24) is 4.90 Å². The third-order valence-electron chi connectivity index (χ3n) is 3.29. The van der Waals surface area contributed by atoms with E-state index in [9.17, 15) is 8.78 Å². The van der Waals surface area contributed by atoms with E-state index in [1.165, 1.54) is 11.1 Å². The molecule has 1 aliphatic rings. The summed E-state index contributed by atoms with van der Waals surface area (Å²) in [5.74, 6) is -2.45. The molecule has 0 saturated carbocycles. The molecule has 0 bridgehead atoms. The number of rotatable bonds is 2. The van der Waals surface area contributed by atoms with Crippen LogP contribution >= 0.6 is 15.9 Å². The van der Waals surface area contributed by atoms with Crippen LogP contribution in [-0.2, 0) is 6.54 Å². The molecule has 0 radical (unpaired) electrons. The first-order valence-electron chi connectivity index (χ1n) is 5.81. The third-order valence-corrected chi connectivity index (χ3v) is 3.78. The van der Waals surface area contributed by atoms with E-state index in [0.717, 1.165) is 11.0 Å². The third kappa shape index (κ3) is 3.49. The number of hydrogen-bond acceptors (Lipinski definition) is 1. The first-order chi connectivity index (χ1) is 7.96.